The summed E-state index contributed by atoms with van der Waals surface area (Å²) in [6, 6.07) is 0. The van der Waals surface area contributed by atoms with Gasteiger partial charge in [-0.3, -0.25) is 4.79 Å². The van der Waals surface area contributed by atoms with Gasteiger partial charge in [0.15, 0.2) is 0 Å². The second kappa shape index (κ2) is 3.56. The van der Waals surface area contributed by atoms with Crippen LogP contribution in [0.2, 0.25) is 0 Å². The Morgan fingerprint density at radius 3 is 3.00 bits per heavy atom. The van der Waals surface area contributed by atoms with Crippen LogP contribution in [0, 0.1) is 0 Å². The standard InChI is InChI=1S/C7H7NO3S/c9-5-8-7(4-6(10)11)2-1-3-12-7/h1,3H,2,4H2,(H,10,11). The van der Waals surface area contributed by atoms with Gasteiger partial charge in [-0.05, 0) is 5.41 Å². The average molecular weight is 185 g/mol. The number of hydrogen-bond donors (Lipinski definition) is 1. The maximum absolute atomic E-state index is 10.4. The first-order valence-corrected chi connectivity index (χ1v) is 4.20. The largest absolute Gasteiger partial charge is 0.481 e. The highest BCUT2D eigenvalue weighted by molar-refractivity contribution is 8.03. The van der Waals surface area contributed by atoms with Crippen LogP contribution in [0.5, 0.6) is 0 Å². The summed E-state index contributed by atoms with van der Waals surface area (Å²) in [6.45, 7) is 0. The van der Waals surface area contributed by atoms with Crippen LogP contribution >= 0.6 is 11.8 Å². The molecular formula is C7H7NO3S. The monoisotopic (exact) mass is 185 g/mol. The lowest BCUT2D eigenvalue weighted by Crippen LogP contribution is -2.22. The molecule has 5 heteroatoms. The van der Waals surface area contributed by atoms with Crippen LogP contribution in [0.15, 0.2) is 16.5 Å². The Balaban J connectivity index is 2.73. The van der Waals surface area contributed by atoms with E-state index in [-0.39, 0.29) is 6.42 Å². The maximum atomic E-state index is 10.4. The summed E-state index contributed by atoms with van der Waals surface area (Å²) in [4.78, 5) is 23.1. The Bertz CT molecular complexity index is 260. The molecule has 0 bridgehead atoms. The lowest BCUT2D eigenvalue weighted by atomic mass is 10.1. The van der Waals surface area contributed by atoms with Crippen LogP contribution in [0.1, 0.15) is 12.8 Å². The van der Waals surface area contributed by atoms with Gasteiger partial charge in [-0.25, -0.2) is 4.79 Å². The summed E-state index contributed by atoms with van der Waals surface area (Å²) in [5.74, 6) is -0.954. The third-order valence-corrected chi connectivity index (χ3v) is 2.67. The van der Waals surface area contributed by atoms with Crippen LogP contribution in [-0.4, -0.2) is 22.0 Å². The van der Waals surface area contributed by atoms with Crippen LogP contribution < -0.4 is 0 Å². The first kappa shape index (κ1) is 9.03. The van der Waals surface area contributed by atoms with Gasteiger partial charge in [0.2, 0.25) is 6.08 Å². The predicted molar refractivity (Wildman–Crippen MR) is 44.5 cm³/mol. The fourth-order valence-electron chi connectivity index (χ4n) is 1.000. The zero-order chi connectivity index (χ0) is 9.03. The van der Waals surface area contributed by atoms with Gasteiger partial charge >= 0.3 is 5.97 Å². The number of carboxylic acid groups (broad SMARTS) is 1. The fourth-order valence-corrected chi connectivity index (χ4v) is 1.93. The summed E-state index contributed by atoms with van der Waals surface area (Å²) in [5, 5.41) is 10.3. The van der Waals surface area contributed by atoms with Crippen molar-refractivity contribution >= 4 is 23.8 Å². The number of carbonyl (C=O) groups is 1. The highest BCUT2D eigenvalue weighted by atomic mass is 32.2. The number of aliphatic imine (C=N–C) groups is 1. The molecule has 1 rings (SSSR count). The van der Waals surface area contributed by atoms with Crippen molar-refractivity contribution in [2.45, 2.75) is 17.7 Å². The smallest absolute Gasteiger partial charge is 0.306 e. The second-order valence-electron chi connectivity index (χ2n) is 2.41. The molecule has 4 nitrogen and oxygen atoms in total. The number of hydrogen-bond acceptors (Lipinski definition) is 4. The summed E-state index contributed by atoms with van der Waals surface area (Å²) < 4.78 is 0. The summed E-state index contributed by atoms with van der Waals surface area (Å²) in [7, 11) is 0. The molecule has 1 heterocycles. The molecule has 0 spiro atoms. The van der Waals surface area contributed by atoms with Gasteiger partial charge in [0.25, 0.3) is 0 Å². The van der Waals surface area contributed by atoms with Gasteiger partial charge in [-0.15, -0.1) is 11.8 Å². The molecule has 1 unspecified atom stereocenters. The van der Waals surface area contributed by atoms with Gasteiger partial charge in [0.1, 0.15) is 4.87 Å². The predicted octanol–water partition coefficient (Wildman–Crippen LogP) is 1.14. The normalized spacial score (nSPS) is 26.7. The van der Waals surface area contributed by atoms with Gasteiger partial charge in [-0.1, -0.05) is 6.08 Å². The van der Waals surface area contributed by atoms with Crippen molar-refractivity contribution in [3.05, 3.63) is 11.5 Å². The molecule has 1 aliphatic rings. The van der Waals surface area contributed by atoms with E-state index in [1.165, 1.54) is 17.8 Å². The minimum Gasteiger partial charge on any atom is -0.481 e. The maximum Gasteiger partial charge on any atom is 0.306 e. The molecule has 0 aromatic rings. The Labute approximate surface area is 73.4 Å². The molecule has 0 amide bonds. The molecule has 0 aliphatic carbocycles. The molecular weight excluding hydrogens is 178 g/mol. The fraction of sp³-hybridized carbons (Fsp3) is 0.429. The highest BCUT2D eigenvalue weighted by Crippen LogP contribution is 2.40. The second-order valence-corrected chi connectivity index (χ2v) is 3.68. The summed E-state index contributed by atoms with van der Waals surface area (Å²) in [6.07, 6.45) is 3.55. The van der Waals surface area contributed by atoms with Gasteiger partial charge in [-0.2, -0.15) is 4.99 Å². The first-order chi connectivity index (χ1) is 5.68. The van der Waals surface area contributed by atoms with Crippen molar-refractivity contribution in [1.29, 1.82) is 0 Å². The third kappa shape index (κ3) is 1.96. The van der Waals surface area contributed by atoms with Crippen LogP contribution in [0.4, 0.5) is 0 Å². The molecule has 0 saturated heterocycles. The van der Waals surface area contributed by atoms with E-state index < -0.39 is 10.8 Å². The number of thioether (sulfide) groups is 1. The SMILES string of the molecule is O=C=NC1(CC(=O)O)CC=CS1. The molecule has 64 valence electrons. The number of carbonyl (C=O) groups excluding carboxylic acids is 1. The van der Waals surface area contributed by atoms with Crippen LogP contribution in [-0.2, 0) is 9.59 Å². The molecule has 12 heavy (non-hydrogen) atoms. The Morgan fingerprint density at radius 1 is 1.83 bits per heavy atom. The van der Waals surface area contributed by atoms with E-state index in [0.29, 0.717) is 6.42 Å². The Morgan fingerprint density at radius 2 is 2.58 bits per heavy atom. The van der Waals surface area contributed by atoms with E-state index in [2.05, 4.69) is 4.99 Å². The van der Waals surface area contributed by atoms with Crippen molar-refractivity contribution in [2.75, 3.05) is 0 Å². The lowest BCUT2D eigenvalue weighted by molar-refractivity contribution is -0.137. The number of isocyanates is 1. The summed E-state index contributed by atoms with van der Waals surface area (Å²) >= 11 is 1.25. The van der Waals surface area contributed by atoms with E-state index in [4.69, 9.17) is 5.11 Å². The molecule has 0 saturated carbocycles. The van der Waals surface area contributed by atoms with Gasteiger partial charge in [0.05, 0.1) is 6.42 Å². The van der Waals surface area contributed by atoms with E-state index >= 15 is 0 Å². The highest BCUT2D eigenvalue weighted by Gasteiger charge is 2.34. The topological polar surface area (TPSA) is 66.7 Å². The van der Waals surface area contributed by atoms with Crippen molar-refractivity contribution in [3.8, 4) is 0 Å². The lowest BCUT2D eigenvalue weighted by Gasteiger charge is -2.17. The van der Waals surface area contributed by atoms with Crippen LogP contribution in [0.25, 0.3) is 0 Å². The molecule has 0 aromatic carbocycles. The quantitative estimate of drug-likeness (QED) is 0.529. The zero-order valence-electron chi connectivity index (χ0n) is 6.19. The molecule has 1 aliphatic heterocycles. The Hall–Kier alpha value is -1.06. The molecule has 0 radical (unpaired) electrons. The zero-order valence-corrected chi connectivity index (χ0v) is 7.00. The van der Waals surface area contributed by atoms with E-state index in [0.717, 1.165) is 0 Å². The van der Waals surface area contributed by atoms with E-state index in [9.17, 15) is 9.59 Å². The molecule has 1 N–H and O–H groups in total. The number of carboxylic acids is 1. The average Bonchev–Trinajstić information content (AvgIpc) is 2.36. The van der Waals surface area contributed by atoms with E-state index in [1.807, 2.05) is 0 Å². The van der Waals surface area contributed by atoms with Crippen molar-refractivity contribution in [1.82, 2.24) is 0 Å². The summed E-state index contributed by atoms with van der Waals surface area (Å²) in [5.41, 5.74) is 0. The van der Waals surface area contributed by atoms with Gasteiger partial charge in [0, 0.05) is 6.42 Å². The van der Waals surface area contributed by atoms with Crippen molar-refractivity contribution < 1.29 is 14.7 Å². The van der Waals surface area contributed by atoms with Crippen molar-refractivity contribution in [2.24, 2.45) is 4.99 Å². The molecule has 1 atom stereocenters. The number of rotatable bonds is 3. The van der Waals surface area contributed by atoms with E-state index in [1.54, 1.807) is 11.5 Å². The first-order valence-electron chi connectivity index (χ1n) is 3.32. The van der Waals surface area contributed by atoms with Crippen molar-refractivity contribution in [3.63, 3.8) is 0 Å². The number of aliphatic carboxylic acids is 1. The van der Waals surface area contributed by atoms with Gasteiger partial charge < -0.3 is 5.11 Å². The third-order valence-electron chi connectivity index (χ3n) is 1.50. The number of nitrogens with zero attached hydrogens (tertiary/aromatic N) is 1. The minimum atomic E-state index is -0.954. The Kier molecular flexibility index (Phi) is 2.68. The molecule has 0 aromatic heterocycles. The van der Waals surface area contributed by atoms with Crippen LogP contribution in [0.3, 0.4) is 0 Å². The minimum absolute atomic E-state index is 0.139. The molecule has 0 fully saturated rings.